The van der Waals surface area contributed by atoms with Crippen LogP contribution in [0.5, 0.6) is 0 Å². The Morgan fingerprint density at radius 3 is 2.65 bits per heavy atom. The Morgan fingerprint density at radius 2 is 1.96 bits per heavy atom. The number of nitrogens with zero attached hydrogens (tertiary/aromatic N) is 7. The lowest BCUT2D eigenvalue weighted by atomic mass is 10.0. The molecule has 1 amide bonds. The fraction of sp³-hybridized carbons (Fsp3) is 0.389. The summed E-state index contributed by atoms with van der Waals surface area (Å²) >= 11 is 0. The van der Waals surface area contributed by atoms with Crippen LogP contribution in [-0.2, 0) is 4.79 Å². The number of hydrogen-bond donors (Lipinski definition) is 0. The summed E-state index contributed by atoms with van der Waals surface area (Å²) in [5.74, 6) is 1.64. The topological polar surface area (TPSA) is 79.5 Å². The van der Waals surface area contributed by atoms with Gasteiger partial charge in [-0.15, -0.1) is 15.3 Å². The van der Waals surface area contributed by atoms with Gasteiger partial charge in [-0.2, -0.15) is 4.52 Å². The summed E-state index contributed by atoms with van der Waals surface area (Å²) in [7, 11) is 1.88. The average Bonchev–Trinajstić information content (AvgIpc) is 3.11. The van der Waals surface area contributed by atoms with Crippen LogP contribution in [0.2, 0.25) is 0 Å². The van der Waals surface area contributed by atoms with Crippen molar-refractivity contribution in [3.8, 4) is 11.5 Å². The molecule has 1 saturated heterocycles. The highest BCUT2D eigenvalue weighted by Crippen LogP contribution is 2.22. The monoisotopic (exact) mass is 351 g/mol. The minimum absolute atomic E-state index is 0.118. The van der Waals surface area contributed by atoms with Crippen LogP contribution in [0.1, 0.15) is 19.8 Å². The molecule has 0 unspecified atom stereocenters. The van der Waals surface area contributed by atoms with Crippen LogP contribution in [0, 0.1) is 0 Å². The van der Waals surface area contributed by atoms with Crippen molar-refractivity contribution in [3.63, 3.8) is 0 Å². The molecule has 1 fully saturated rings. The second-order valence-corrected chi connectivity index (χ2v) is 6.55. The van der Waals surface area contributed by atoms with E-state index in [1.807, 2.05) is 42.3 Å². The molecule has 0 spiro atoms. The van der Waals surface area contributed by atoms with E-state index in [1.165, 1.54) is 0 Å². The molecule has 0 saturated carbocycles. The number of carbonyl (C=O) groups is 1. The largest absolute Gasteiger partial charge is 0.355 e. The van der Waals surface area contributed by atoms with Crippen molar-refractivity contribution in [3.05, 3.63) is 36.5 Å². The molecule has 0 atom stereocenters. The van der Waals surface area contributed by atoms with Gasteiger partial charge in [-0.1, -0.05) is 6.07 Å². The minimum atomic E-state index is 0.118. The van der Waals surface area contributed by atoms with E-state index < -0.39 is 0 Å². The lowest BCUT2D eigenvalue weighted by molar-refractivity contribution is -0.129. The molecule has 134 valence electrons. The van der Waals surface area contributed by atoms with Crippen molar-refractivity contribution in [2.24, 2.45) is 0 Å². The van der Waals surface area contributed by atoms with E-state index in [9.17, 15) is 4.79 Å². The third-order valence-electron chi connectivity index (χ3n) is 4.98. The van der Waals surface area contributed by atoms with E-state index in [2.05, 4.69) is 20.1 Å². The SMILES string of the molecule is CC(=O)N(C)C1CCN(c2ccc3nnc(-c4ccccn4)n3n2)CC1. The number of rotatable bonds is 3. The molecule has 3 aromatic heterocycles. The number of piperidine rings is 1. The molecule has 8 heteroatoms. The van der Waals surface area contributed by atoms with Crippen LogP contribution < -0.4 is 4.90 Å². The molecule has 3 aromatic rings. The van der Waals surface area contributed by atoms with Crippen molar-refractivity contribution < 1.29 is 4.79 Å². The zero-order valence-corrected chi connectivity index (χ0v) is 14.9. The van der Waals surface area contributed by atoms with Crippen LogP contribution in [0.4, 0.5) is 5.82 Å². The molecular formula is C18H21N7O. The number of carbonyl (C=O) groups excluding carboxylic acids is 1. The van der Waals surface area contributed by atoms with E-state index in [4.69, 9.17) is 5.10 Å². The van der Waals surface area contributed by atoms with Gasteiger partial charge < -0.3 is 9.80 Å². The van der Waals surface area contributed by atoms with E-state index in [0.29, 0.717) is 17.5 Å². The van der Waals surface area contributed by atoms with Gasteiger partial charge in [0.15, 0.2) is 5.65 Å². The Hall–Kier alpha value is -3.03. The number of fused-ring (bicyclic) bond motifs is 1. The molecule has 0 N–H and O–H groups in total. The normalized spacial score (nSPS) is 15.4. The molecule has 1 aliphatic heterocycles. The van der Waals surface area contributed by atoms with Gasteiger partial charge in [-0.25, -0.2) is 0 Å². The van der Waals surface area contributed by atoms with Gasteiger partial charge in [0.05, 0.1) is 0 Å². The minimum Gasteiger partial charge on any atom is -0.355 e. The highest BCUT2D eigenvalue weighted by atomic mass is 16.2. The van der Waals surface area contributed by atoms with Gasteiger partial charge in [0.2, 0.25) is 11.7 Å². The van der Waals surface area contributed by atoms with Gasteiger partial charge in [0.25, 0.3) is 0 Å². The summed E-state index contributed by atoms with van der Waals surface area (Å²) in [6, 6.07) is 9.88. The van der Waals surface area contributed by atoms with Gasteiger partial charge in [-0.05, 0) is 37.1 Å². The lowest BCUT2D eigenvalue weighted by Crippen LogP contribution is -2.45. The smallest absolute Gasteiger partial charge is 0.219 e. The fourth-order valence-electron chi connectivity index (χ4n) is 3.34. The fourth-order valence-corrected chi connectivity index (χ4v) is 3.34. The Labute approximate surface area is 151 Å². The second-order valence-electron chi connectivity index (χ2n) is 6.55. The maximum Gasteiger partial charge on any atom is 0.219 e. The van der Waals surface area contributed by atoms with Crippen LogP contribution in [0.15, 0.2) is 36.5 Å². The van der Waals surface area contributed by atoms with Crippen LogP contribution in [-0.4, -0.2) is 61.8 Å². The summed E-state index contributed by atoms with van der Waals surface area (Å²) in [5.41, 5.74) is 1.44. The Balaban J connectivity index is 1.58. The first-order chi connectivity index (χ1) is 12.6. The number of aromatic nitrogens is 5. The van der Waals surface area contributed by atoms with Crippen LogP contribution in [0.25, 0.3) is 17.2 Å². The van der Waals surface area contributed by atoms with Gasteiger partial charge in [0.1, 0.15) is 11.5 Å². The Bertz CT molecular complexity index is 916. The predicted octanol–water partition coefficient (Wildman–Crippen LogP) is 1.63. The third-order valence-corrected chi connectivity index (χ3v) is 4.98. The van der Waals surface area contributed by atoms with E-state index in [1.54, 1.807) is 17.6 Å². The van der Waals surface area contributed by atoms with Crippen molar-refractivity contribution in [2.75, 3.05) is 25.0 Å². The van der Waals surface area contributed by atoms with Gasteiger partial charge >= 0.3 is 0 Å². The molecular weight excluding hydrogens is 330 g/mol. The summed E-state index contributed by atoms with van der Waals surface area (Å²) < 4.78 is 1.74. The highest BCUT2D eigenvalue weighted by molar-refractivity contribution is 5.73. The quantitative estimate of drug-likeness (QED) is 0.714. The summed E-state index contributed by atoms with van der Waals surface area (Å²) in [6.45, 7) is 3.34. The number of hydrogen-bond acceptors (Lipinski definition) is 6. The average molecular weight is 351 g/mol. The van der Waals surface area contributed by atoms with Crippen molar-refractivity contribution in [2.45, 2.75) is 25.8 Å². The third kappa shape index (κ3) is 2.98. The predicted molar refractivity (Wildman–Crippen MR) is 97.7 cm³/mol. The molecule has 0 radical (unpaired) electrons. The molecule has 0 bridgehead atoms. The molecule has 1 aliphatic rings. The first kappa shape index (κ1) is 16.4. The molecule has 4 rings (SSSR count). The van der Waals surface area contributed by atoms with Gasteiger partial charge in [0, 0.05) is 39.3 Å². The summed E-state index contributed by atoms with van der Waals surface area (Å²) in [4.78, 5) is 20.0. The maximum atomic E-state index is 11.6. The first-order valence-electron chi connectivity index (χ1n) is 8.75. The molecule has 26 heavy (non-hydrogen) atoms. The van der Waals surface area contributed by atoms with Gasteiger partial charge in [-0.3, -0.25) is 9.78 Å². The highest BCUT2D eigenvalue weighted by Gasteiger charge is 2.25. The molecule has 8 nitrogen and oxygen atoms in total. The maximum absolute atomic E-state index is 11.6. The lowest BCUT2D eigenvalue weighted by Gasteiger charge is -2.36. The zero-order chi connectivity index (χ0) is 18.1. The Kier molecular flexibility index (Phi) is 4.24. The van der Waals surface area contributed by atoms with E-state index >= 15 is 0 Å². The molecule has 0 aliphatic carbocycles. The van der Waals surface area contributed by atoms with Crippen LogP contribution in [0.3, 0.4) is 0 Å². The first-order valence-corrected chi connectivity index (χ1v) is 8.75. The standard InChI is InChI=1S/C18H21N7O/c1-13(26)23(2)14-8-11-24(12-9-14)17-7-6-16-20-21-18(25(16)22-17)15-5-3-4-10-19-15/h3-7,10,14H,8-9,11-12H2,1-2H3. The zero-order valence-electron chi connectivity index (χ0n) is 14.9. The van der Waals surface area contributed by atoms with Crippen molar-refractivity contribution in [1.29, 1.82) is 0 Å². The molecule has 4 heterocycles. The van der Waals surface area contributed by atoms with E-state index in [-0.39, 0.29) is 5.91 Å². The summed E-state index contributed by atoms with van der Waals surface area (Å²) in [6.07, 6.45) is 3.60. The molecule has 0 aromatic carbocycles. The number of anilines is 1. The number of amides is 1. The van der Waals surface area contributed by atoms with Crippen LogP contribution >= 0.6 is 0 Å². The van der Waals surface area contributed by atoms with E-state index in [0.717, 1.165) is 37.4 Å². The van der Waals surface area contributed by atoms with Crippen molar-refractivity contribution in [1.82, 2.24) is 29.7 Å². The number of pyridine rings is 1. The second kappa shape index (κ2) is 6.70. The summed E-state index contributed by atoms with van der Waals surface area (Å²) in [5, 5.41) is 13.2. The van der Waals surface area contributed by atoms with Crippen molar-refractivity contribution >= 4 is 17.4 Å². The Morgan fingerprint density at radius 1 is 1.15 bits per heavy atom.